The molecule has 1 rings (SSSR count). The van der Waals surface area contributed by atoms with Crippen LogP contribution in [-0.2, 0) is 14.8 Å². The lowest BCUT2D eigenvalue weighted by molar-refractivity contribution is -0.123. The van der Waals surface area contributed by atoms with Crippen LogP contribution < -0.4 is 10.0 Å². The van der Waals surface area contributed by atoms with E-state index in [-0.39, 0.29) is 14.9 Å². The number of sulfonamides is 1. The van der Waals surface area contributed by atoms with Gasteiger partial charge in [-0.2, -0.15) is 4.72 Å². The van der Waals surface area contributed by atoms with Gasteiger partial charge in [0.15, 0.2) is 0 Å². The van der Waals surface area contributed by atoms with Gasteiger partial charge in [-0.15, -0.1) is 0 Å². The Hall–Kier alpha value is -0.820. The molecule has 0 radical (unpaired) electrons. The average Bonchev–Trinajstić information content (AvgIpc) is 2.29. The summed E-state index contributed by atoms with van der Waals surface area (Å²) >= 11 is 11.6. The van der Waals surface area contributed by atoms with E-state index in [1.54, 1.807) is 0 Å². The van der Waals surface area contributed by atoms with Gasteiger partial charge in [-0.25, -0.2) is 8.42 Å². The summed E-state index contributed by atoms with van der Waals surface area (Å²) in [6.07, 6.45) is 0. The van der Waals surface area contributed by atoms with E-state index in [0.717, 1.165) is 0 Å². The maximum atomic E-state index is 12.2. The van der Waals surface area contributed by atoms with Crippen molar-refractivity contribution in [3.05, 3.63) is 28.2 Å². The Labute approximate surface area is 135 Å². The molecule has 0 unspecified atom stereocenters. The summed E-state index contributed by atoms with van der Waals surface area (Å²) in [5.41, 5.74) is -0.444. The standard InChI is InChI=1S/C13H18Cl2N2O3S/c1-8(12(18)16-13(2,3)4)17-21(19,20)9-5-6-10(14)11(15)7-9/h5-8,17H,1-4H3,(H,16,18)/t8-/m0/s1. The SMILES string of the molecule is C[C@H](NS(=O)(=O)c1ccc(Cl)c(Cl)c1)C(=O)NC(C)(C)C. The highest BCUT2D eigenvalue weighted by Gasteiger charge is 2.25. The first-order valence-electron chi connectivity index (χ1n) is 6.22. The van der Waals surface area contributed by atoms with Crippen LogP contribution in [0.5, 0.6) is 0 Å². The number of rotatable bonds is 4. The minimum atomic E-state index is -3.85. The number of halogens is 2. The lowest BCUT2D eigenvalue weighted by atomic mass is 10.1. The van der Waals surface area contributed by atoms with Crippen LogP contribution in [0.15, 0.2) is 23.1 Å². The predicted molar refractivity (Wildman–Crippen MR) is 84.1 cm³/mol. The topological polar surface area (TPSA) is 75.3 Å². The largest absolute Gasteiger partial charge is 0.350 e. The van der Waals surface area contributed by atoms with E-state index in [1.807, 2.05) is 20.8 Å². The molecule has 118 valence electrons. The Morgan fingerprint density at radius 1 is 1.19 bits per heavy atom. The van der Waals surface area contributed by atoms with Gasteiger partial charge in [-0.3, -0.25) is 4.79 Å². The Bertz CT molecular complexity index is 639. The molecule has 0 saturated heterocycles. The van der Waals surface area contributed by atoms with E-state index in [9.17, 15) is 13.2 Å². The highest BCUT2D eigenvalue weighted by atomic mass is 35.5. The number of amides is 1. The van der Waals surface area contributed by atoms with Gasteiger partial charge < -0.3 is 5.32 Å². The molecular weight excluding hydrogens is 335 g/mol. The van der Waals surface area contributed by atoms with E-state index in [1.165, 1.54) is 25.1 Å². The molecule has 0 heterocycles. The first-order valence-corrected chi connectivity index (χ1v) is 8.46. The second-order valence-corrected chi connectivity index (χ2v) is 8.19. The molecule has 1 amide bonds. The fourth-order valence-electron chi connectivity index (χ4n) is 1.48. The van der Waals surface area contributed by atoms with E-state index in [4.69, 9.17) is 23.2 Å². The molecule has 0 aromatic heterocycles. The second kappa shape index (κ2) is 6.52. The third kappa shape index (κ3) is 5.47. The van der Waals surface area contributed by atoms with Crippen molar-refractivity contribution in [1.29, 1.82) is 0 Å². The Morgan fingerprint density at radius 3 is 2.24 bits per heavy atom. The average molecular weight is 353 g/mol. The van der Waals surface area contributed by atoms with Crippen LogP contribution >= 0.6 is 23.2 Å². The highest BCUT2D eigenvalue weighted by Crippen LogP contribution is 2.24. The smallest absolute Gasteiger partial charge is 0.241 e. The van der Waals surface area contributed by atoms with Crippen LogP contribution in [0.2, 0.25) is 10.0 Å². The minimum Gasteiger partial charge on any atom is -0.350 e. The molecule has 0 bridgehead atoms. The highest BCUT2D eigenvalue weighted by molar-refractivity contribution is 7.89. The lowest BCUT2D eigenvalue weighted by Crippen LogP contribution is -2.50. The van der Waals surface area contributed by atoms with Crippen molar-refractivity contribution in [2.45, 2.75) is 44.2 Å². The number of benzene rings is 1. The van der Waals surface area contributed by atoms with Crippen molar-refractivity contribution in [3.63, 3.8) is 0 Å². The Kier molecular flexibility index (Phi) is 5.66. The second-order valence-electron chi connectivity index (χ2n) is 5.66. The Morgan fingerprint density at radius 2 is 1.76 bits per heavy atom. The van der Waals surface area contributed by atoms with Crippen molar-refractivity contribution in [1.82, 2.24) is 10.0 Å². The number of nitrogens with one attached hydrogen (secondary N) is 2. The summed E-state index contributed by atoms with van der Waals surface area (Å²) in [6, 6.07) is 3.04. The van der Waals surface area contributed by atoms with E-state index >= 15 is 0 Å². The van der Waals surface area contributed by atoms with Crippen LogP contribution in [0.1, 0.15) is 27.7 Å². The molecule has 0 aliphatic heterocycles. The molecule has 0 spiro atoms. The number of hydrogen-bond donors (Lipinski definition) is 2. The number of carbonyl (C=O) groups is 1. The zero-order valence-electron chi connectivity index (χ0n) is 12.2. The quantitative estimate of drug-likeness (QED) is 0.874. The van der Waals surface area contributed by atoms with E-state index in [2.05, 4.69) is 10.0 Å². The van der Waals surface area contributed by atoms with Gasteiger partial charge in [0, 0.05) is 5.54 Å². The monoisotopic (exact) mass is 352 g/mol. The number of hydrogen-bond acceptors (Lipinski definition) is 3. The molecule has 1 aromatic rings. The maximum absolute atomic E-state index is 12.2. The summed E-state index contributed by atoms with van der Waals surface area (Å²) in [5, 5.41) is 3.09. The third-order valence-corrected chi connectivity index (χ3v) is 4.70. The molecule has 0 aliphatic rings. The van der Waals surface area contributed by atoms with Crippen LogP contribution in [0.25, 0.3) is 0 Å². The summed E-state index contributed by atoms with van der Waals surface area (Å²) in [6.45, 7) is 6.90. The maximum Gasteiger partial charge on any atom is 0.241 e. The molecule has 1 aromatic carbocycles. The molecule has 21 heavy (non-hydrogen) atoms. The fourth-order valence-corrected chi connectivity index (χ4v) is 3.07. The summed E-state index contributed by atoms with van der Waals surface area (Å²) in [7, 11) is -3.85. The molecule has 0 saturated carbocycles. The van der Waals surface area contributed by atoms with Gasteiger partial charge in [0.25, 0.3) is 0 Å². The first kappa shape index (κ1) is 18.2. The van der Waals surface area contributed by atoms with Gasteiger partial charge >= 0.3 is 0 Å². The summed E-state index contributed by atoms with van der Waals surface area (Å²) in [4.78, 5) is 11.9. The van der Waals surface area contributed by atoms with Gasteiger partial charge in [0.05, 0.1) is 21.0 Å². The van der Waals surface area contributed by atoms with Gasteiger partial charge in [-0.05, 0) is 45.9 Å². The lowest BCUT2D eigenvalue weighted by Gasteiger charge is -2.23. The molecular formula is C13H18Cl2N2O3S. The van der Waals surface area contributed by atoms with Crippen LogP contribution in [0.4, 0.5) is 0 Å². The predicted octanol–water partition coefficient (Wildman–Crippen LogP) is 2.57. The molecule has 1 atom stereocenters. The van der Waals surface area contributed by atoms with Crippen molar-refractivity contribution in [2.24, 2.45) is 0 Å². The van der Waals surface area contributed by atoms with Crippen LogP contribution in [0, 0.1) is 0 Å². The fraction of sp³-hybridized carbons (Fsp3) is 0.462. The van der Waals surface area contributed by atoms with Crippen LogP contribution in [-0.4, -0.2) is 25.9 Å². The molecule has 0 fully saturated rings. The van der Waals surface area contributed by atoms with Gasteiger partial charge in [-0.1, -0.05) is 23.2 Å². The van der Waals surface area contributed by atoms with Crippen molar-refractivity contribution in [2.75, 3.05) is 0 Å². The van der Waals surface area contributed by atoms with E-state index in [0.29, 0.717) is 0 Å². The first-order chi connectivity index (χ1) is 9.42. The third-order valence-electron chi connectivity index (χ3n) is 2.42. The molecule has 0 aliphatic carbocycles. The summed E-state index contributed by atoms with van der Waals surface area (Å²) in [5.74, 6) is -0.411. The molecule has 2 N–H and O–H groups in total. The summed E-state index contributed by atoms with van der Waals surface area (Å²) < 4.78 is 26.7. The zero-order chi connectivity index (χ0) is 16.4. The Balaban J connectivity index is 2.89. The van der Waals surface area contributed by atoms with Crippen LogP contribution in [0.3, 0.4) is 0 Å². The van der Waals surface area contributed by atoms with Gasteiger partial charge in [0.2, 0.25) is 15.9 Å². The van der Waals surface area contributed by atoms with Gasteiger partial charge in [0.1, 0.15) is 0 Å². The number of carbonyl (C=O) groups excluding carboxylic acids is 1. The zero-order valence-corrected chi connectivity index (χ0v) is 14.5. The molecule has 8 heteroatoms. The van der Waals surface area contributed by atoms with Crippen molar-refractivity contribution >= 4 is 39.1 Å². The van der Waals surface area contributed by atoms with Crippen molar-refractivity contribution < 1.29 is 13.2 Å². The van der Waals surface area contributed by atoms with E-state index < -0.39 is 27.5 Å². The minimum absolute atomic E-state index is 0.0488. The van der Waals surface area contributed by atoms with Crippen molar-refractivity contribution in [3.8, 4) is 0 Å². The normalized spacial score (nSPS) is 13.8. The molecule has 5 nitrogen and oxygen atoms in total.